The highest BCUT2D eigenvalue weighted by atomic mass is 19.1. The predicted octanol–water partition coefficient (Wildman–Crippen LogP) is 3.59. The van der Waals surface area contributed by atoms with E-state index in [9.17, 15) is 9.18 Å². The topological polar surface area (TPSA) is 58.1 Å². The number of carbonyl (C=O) groups excluding carboxylic acids is 1. The maximum atomic E-state index is 13.7. The van der Waals surface area contributed by atoms with Gasteiger partial charge in [-0.2, -0.15) is 0 Å². The summed E-state index contributed by atoms with van der Waals surface area (Å²) < 4.78 is 13.7. The van der Waals surface area contributed by atoms with Crippen LogP contribution in [0.25, 0.3) is 0 Å². The zero-order chi connectivity index (χ0) is 19.8. The van der Waals surface area contributed by atoms with E-state index in [4.69, 9.17) is 0 Å². The Labute approximate surface area is 164 Å². The second-order valence-electron chi connectivity index (χ2n) is 6.56. The Morgan fingerprint density at radius 2 is 1.86 bits per heavy atom. The minimum absolute atomic E-state index is 0.0840. The molecule has 0 unspecified atom stereocenters. The first kappa shape index (κ1) is 19.5. The van der Waals surface area contributed by atoms with Crippen molar-refractivity contribution in [1.82, 2.24) is 14.9 Å². The molecule has 0 radical (unpaired) electrons. The van der Waals surface area contributed by atoms with Crippen molar-refractivity contribution in [2.45, 2.75) is 12.8 Å². The van der Waals surface area contributed by atoms with Gasteiger partial charge in [-0.25, -0.2) is 4.39 Å². The number of hydrogen-bond acceptors (Lipinski definition) is 4. The molecule has 2 heterocycles. The number of halogens is 1. The van der Waals surface area contributed by atoms with Gasteiger partial charge in [0.2, 0.25) is 0 Å². The van der Waals surface area contributed by atoms with Gasteiger partial charge in [0.25, 0.3) is 5.91 Å². The van der Waals surface area contributed by atoms with Gasteiger partial charge in [0, 0.05) is 44.9 Å². The minimum atomic E-state index is -0.206. The Morgan fingerprint density at radius 1 is 1.07 bits per heavy atom. The molecule has 0 saturated carbocycles. The van der Waals surface area contributed by atoms with Crippen LogP contribution in [0.1, 0.15) is 21.5 Å². The SMILES string of the molecule is CN(CCc1ccncc1)C(=O)c1cncc(NCCc2ccccc2F)c1. The minimum Gasteiger partial charge on any atom is -0.383 e. The Hall–Kier alpha value is -3.28. The lowest BCUT2D eigenvalue weighted by Gasteiger charge is -2.17. The van der Waals surface area contributed by atoms with Crippen molar-refractivity contribution in [2.75, 3.05) is 25.5 Å². The van der Waals surface area contributed by atoms with Crippen molar-refractivity contribution in [3.05, 3.63) is 89.8 Å². The number of pyridine rings is 2. The first-order valence-electron chi connectivity index (χ1n) is 9.20. The van der Waals surface area contributed by atoms with Crippen molar-refractivity contribution in [3.63, 3.8) is 0 Å². The number of aromatic nitrogens is 2. The normalized spacial score (nSPS) is 10.5. The maximum Gasteiger partial charge on any atom is 0.255 e. The van der Waals surface area contributed by atoms with E-state index in [1.165, 1.54) is 6.07 Å². The van der Waals surface area contributed by atoms with Crippen LogP contribution in [-0.4, -0.2) is 40.9 Å². The van der Waals surface area contributed by atoms with Gasteiger partial charge in [-0.15, -0.1) is 0 Å². The highest BCUT2D eigenvalue weighted by Gasteiger charge is 2.12. The van der Waals surface area contributed by atoms with Crippen LogP contribution in [0.4, 0.5) is 10.1 Å². The molecule has 0 aliphatic carbocycles. The number of anilines is 1. The van der Waals surface area contributed by atoms with Gasteiger partial charge in [0.1, 0.15) is 5.82 Å². The molecule has 1 amide bonds. The third-order valence-electron chi connectivity index (χ3n) is 4.50. The molecular weight excluding hydrogens is 355 g/mol. The molecule has 2 aromatic heterocycles. The molecule has 0 aliphatic heterocycles. The molecule has 28 heavy (non-hydrogen) atoms. The van der Waals surface area contributed by atoms with Crippen molar-refractivity contribution < 1.29 is 9.18 Å². The number of hydrogen-bond donors (Lipinski definition) is 1. The van der Waals surface area contributed by atoms with Gasteiger partial charge >= 0.3 is 0 Å². The van der Waals surface area contributed by atoms with Crippen LogP contribution in [0.3, 0.4) is 0 Å². The molecule has 1 aromatic carbocycles. The fourth-order valence-corrected chi connectivity index (χ4v) is 2.86. The average Bonchev–Trinajstić information content (AvgIpc) is 2.74. The first-order valence-corrected chi connectivity index (χ1v) is 9.20. The summed E-state index contributed by atoms with van der Waals surface area (Å²) >= 11 is 0. The number of benzene rings is 1. The highest BCUT2D eigenvalue weighted by Crippen LogP contribution is 2.12. The second-order valence-corrected chi connectivity index (χ2v) is 6.56. The molecule has 5 nitrogen and oxygen atoms in total. The monoisotopic (exact) mass is 378 g/mol. The zero-order valence-electron chi connectivity index (χ0n) is 15.8. The number of carbonyl (C=O) groups is 1. The van der Waals surface area contributed by atoms with Crippen LogP contribution in [0.2, 0.25) is 0 Å². The molecule has 1 N–H and O–H groups in total. The van der Waals surface area contributed by atoms with E-state index in [0.29, 0.717) is 30.6 Å². The summed E-state index contributed by atoms with van der Waals surface area (Å²) in [4.78, 5) is 22.5. The van der Waals surface area contributed by atoms with Crippen molar-refractivity contribution in [3.8, 4) is 0 Å². The van der Waals surface area contributed by atoms with E-state index >= 15 is 0 Å². The van der Waals surface area contributed by atoms with Crippen LogP contribution >= 0.6 is 0 Å². The highest BCUT2D eigenvalue weighted by molar-refractivity contribution is 5.94. The standard InChI is InChI=1S/C22H23FN4O/c1-27(13-9-17-6-10-24-11-7-17)22(28)19-14-20(16-25-15-19)26-12-8-18-4-2-3-5-21(18)23/h2-7,10-11,14-16,26H,8-9,12-13H2,1H3. The lowest BCUT2D eigenvalue weighted by molar-refractivity contribution is 0.0796. The smallest absolute Gasteiger partial charge is 0.255 e. The van der Waals surface area contributed by atoms with Crippen LogP contribution in [-0.2, 0) is 12.8 Å². The van der Waals surface area contributed by atoms with Gasteiger partial charge in [-0.05, 0) is 48.2 Å². The molecule has 144 valence electrons. The third kappa shape index (κ3) is 5.36. The largest absolute Gasteiger partial charge is 0.383 e. The number of rotatable bonds is 8. The molecule has 3 rings (SSSR count). The van der Waals surface area contributed by atoms with Crippen LogP contribution in [0.5, 0.6) is 0 Å². The summed E-state index contributed by atoms with van der Waals surface area (Å²) in [5.74, 6) is -0.290. The van der Waals surface area contributed by atoms with Crippen molar-refractivity contribution >= 4 is 11.6 Å². The fourth-order valence-electron chi connectivity index (χ4n) is 2.86. The molecular formula is C22H23FN4O. The Morgan fingerprint density at radius 3 is 2.64 bits per heavy atom. The van der Waals surface area contributed by atoms with Gasteiger partial charge in [-0.1, -0.05) is 18.2 Å². The van der Waals surface area contributed by atoms with Crippen LogP contribution in [0.15, 0.2) is 67.3 Å². The second kappa shape index (κ2) is 9.60. The summed E-state index contributed by atoms with van der Waals surface area (Å²) in [7, 11) is 1.78. The number of nitrogens with one attached hydrogen (secondary N) is 1. The van der Waals surface area contributed by atoms with Gasteiger partial charge in [0.15, 0.2) is 0 Å². The van der Waals surface area contributed by atoms with E-state index in [-0.39, 0.29) is 11.7 Å². The molecule has 0 bridgehead atoms. The van der Waals surface area contributed by atoms with E-state index < -0.39 is 0 Å². The summed E-state index contributed by atoms with van der Waals surface area (Å²) in [5, 5.41) is 3.21. The van der Waals surface area contributed by atoms with Gasteiger partial charge in [-0.3, -0.25) is 14.8 Å². The van der Waals surface area contributed by atoms with E-state index in [1.54, 1.807) is 54.9 Å². The van der Waals surface area contributed by atoms with Crippen molar-refractivity contribution in [1.29, 1.82) is 0 Å². The predicted molar refractivity (Wildman–Crippen MR) is 108 cm³/mol. The average molecular weight is 378 g/mol. The van der Waals surface area contributed by atoms with Crippen molar-refractivity contribution in [2.24, 2.45) is 0 Å². The van der Waals surface area contributed by atoms with E-state index in [2.05, 4.69) is 15.3 Å². The molecule has 0 atom stereocenters. The number of likely N-dealkylation sites (N-methyl/N-ethyl adjacent to an activating group) is 1. The summed E-state index contributed by atoms with van der Waals surface area (Å²) in [5.41, 5.74) is 3.06. The first-order chi connectivity index (χ1) is 13.6. The maximum absolute atomic E-state index is 13.7. The molecule has 0 spiro atoms. The molecule has 0 aliphatic rings. The number of amides is 1. The lowest BCUT2D eigenvalue weighted by Crippen LogP contribution is -2.29. The Balaban J connectivity index is 1.54. The summed E-state index contributed by atoms with van der Waals surface area (Å²) in [6.45, 7) is 1.16. The molecule has 0 fully saturated rings. The quantitative estimate of drug-likeness (QED) is 0.651. The Kier molecular flexibility index (Phi) is 6.68. The van der Waals surface area contributed by atoms with E-state index in [1.807, 2.05) is 18.2 Å². The van der Waals surface area contributed by atoms with E-state index in [0.717, 1.165) is 17.7 Å². The Bertz CT molecular complexity index is 917. The summed E-state index contributed by atoms with van der Waals surface area (Å²) in [6, 6.07) is 12.4. The van der Waals surface area contributed by atoms with Gasteiger partial charge < -0.3 is 10.2 Å². The third-order valence-corrected chi connectivity index (χ3v) is 4.50. The molecule has 6 heteroatoms. The summed E-state index contributed by atoms with van der Waals surface area (Å²) in [6.07, 6.45) is 8.03. The fraction of sp³-hybridized carbons (Fsp3) is 0.227. The molecule has 3 aromatic rings. The lowest BCUT2D eigenvalue weighted by atomic mass is 10.1. The van der Waals surface area contributed by atoms with Crippen LogP contribution < -0.4 is 5.32 Å². The zero-order valence-corrected chi connectivity index (χ0v) is 15.8. The van der Waals surface area contributed by atoms with Gasteiger partial charge in [0.05, 0.1) is 11.3 Å². The number of nitrogens with zero attached hydrogens (tertiary/aromatic N) is 3. The molecule has 0 saturated heterocycles. The van der Waals surface area contributed by atoms with Crippen LogP contribution in [0, 0.1) is 5.82 Å².